The molecule has 0 atom stereocenters. The monoisotopic (exact) mass is 612 g/mol. The Kier molecular flexibility index (Phi) is 8.86. The number of thiazole rings is 1. The summed E-state index contributed by atoms with van der Waals surface area (Å²) in [6, 6.07) is 17.7. The van der Waals surface area contributed by atoms with Gasteiger partial charge < -0.3 is 24.2 Å². The molecule has 4 aromatic rings. The Morgan fingerprint density at radius 1 is 0.930 bits per heavy atom. The van der Waals surface area contributed by atoms with Gasteiger partial charge in [0.15, 0.2) is 6.61 Å². The number of rotatable bonds is 10. The average Bonchev–Trinajstić information content (AvgIpc) is 3.66. The Balaban J connectivity index is 1.40. The fourth-order valence-corrected chi connectivity index (χ4v) is 5.66. The van der Waals surface area contributed by atoms with Gasteiger partial charge in [-0.2, -0.15) is 0 Å². The number of carbonyl (C=O) groups excluding carboxylic acids is 1. The second-order valence-corrected chi connectivity index (χ2v) is 10.9. The molecule has 5 rings (SSSR count). The molecule has 1 saturated heterocycles. The van der Waals surface area contributed by atoms with Gasteiger partial charge in [-0.1, -0.05) is 12.1 Å². The molecule has 8 nitrogen and oxygen atoms in total. The van der Waals surface area contributed by atoms with Gasteiger partial charge in [-0.05, 0) is 85.5 Å². The molecular formula is C31H27F3N2O6S. The van der Waals surface area contributed by atoms with E-state index in [4.69, 9.17) is 19.6 Å². The zero-order valence-electron chi connectivity index (χ0n) is 23.0. The van der Waals surface area contributed by atoms with Crippen molar-refractivity contribution in [2.75, 3.05) is 19.7 Å². The number of ether oxygens (including phenoxy) is 3. The predicted molar refractivity (Wildman–Crippen MR) is 153 cm³/mol. The van der Waals surface area contributed by atoms with Gasteiger partial charge >= 0.3 is 12.3 Å². The van der Waals surface area contributed by atoms with Crippen LogP contribution in [0, 0.1) is 6.92 Å². The molecule has 1 aliphatic rings. The smallest absolute Gasteiger partial charge is 0.486 e. The molecule has 1 aliphatic heterocycles. The van der Waals surface area contributed by atoms with Crippen LogP contribution in [-0.2, 0) is 11.4 Å². The van der Waals surface area contributed by atoms with Crippen LogP contribution in [-0.4, -0.2) is 52.9 Å². The van der Waals surface area contributed by atoms with E-state index in [2.05, 4.69) is 4.74 Å². The minimum atomic E-state index is -4.80. The lowest BCUT2D eigenvalue weighted by Gasteiger charge is -2.15. The first kappa shape index (κ1) is 29.9. The van der Waals surface area contributed by atoms with Crippen molar-refractivity contribution in [1.29, 1.82) is 0 Å². The zero-order valence-corrected chi connectivity index (χ0v) is 23.8. The average molecular weight is 613 g/mol. The van der Waals surface area contributed by atoms with Gasteiger partial charge in [0.05, 0.1) is 10.6 Å². The number of alkyl halides is 3. The van der Waals surface area contributed by atoms with Gasteiger partial charge in [-0.15, -0.1) is 24.5 Å². The Hall–Kier alpha value is -4.58. The number of aliphatic carboxylic acids is 1. The lowest BCUT2D eigenvalue weighted by molar-refractivity contribution is -0.274. The van der Waals surface area contributed by atoms with Crippen LogP contribution in [0.1, 0.15) is 33.8 Å². The molecule has 0 unspecified atom stereocenters. The molecule has 0 radical (unpaired) electrons. The molecule has 0 saturated carbocycles. The standard InChI is InChI=1S/C31H27F3N2O6S/c1-19-16-24(12-13-25(19)41-18-27(37)38)40-17-26-35-28(20-4-6-22(7-5-20)30(39)36-14-2-3-15-36)29(43-26)21-8-10-23(11-9-21)42-31(32,33)34/h4-13,16H,2-3,14-15,17-18H2,1H3,(H,37,38). The zero-order chi connectivity index (χ0) is 30.6. The van der Waals surface area contributed by atoms with Gasteiger partial charge in [0.25, 0.3) is 5.91 Å². The Morgan fingerprint density at radius 3 is 2.21 bits per heavy atom. The lowest BCUT2D eigenvalue weighted by atomic mass is 10.0. The third kappa shape index (κ3) is 7.63. The van der Waals surface area contributed by atoms with Crippen molar-refractivity contribution in [3.8, 4) is 38.9 Å². The van der Waals surface area contributed by atoms with Crippen molar-refractivity contribution in [2.45, 2.75) is 32.7 Å². The highest BCUT2D eigenvalue weighted by Crippen LogP contribution is 2.39. The molecule has 43 heavy (non-hydrogen) atoms. The molecule has 0 aliphatic carbocycles. The van der Waals surface area contributed by atoms with Gasteiger partial charge in [-0.25, -0.2) is 9.78 Å². The first-order valence-electron chi connectivity index (χ1n) is 13.4. The van der Waals surface area contributed by atoms with Crippen molar-refractivity contribution in [1.82, 2.24) is 9.88 Å². The van der Waals surface area contributed by atoms with E-state index in [9.17, 15) is 22.8 Å². The van der Waals surface area contributed by atoms with Crippen LogP contribution in [0.15, 0.2) is 66.7 Å². The molecule has 1 amide bonds. The number of aryl methyl sites for hydroxylation is 1. The normalized spacial score (nSPS) is 13.2. The summed E-state index contributed by atoms with van der Waals surface area (Å²) in [6.07, 6.45) is -2.81. The quantitative estimate of drug-likeness (QED) is 0.207. The molecule has 1 aromatic heterocycles. The minimum Gasteiger partial charge on any atom is -0.486 e. The summed E-state index contributed by atoms with van der Waals surface area (Å²) in [7, 11) is 0. The predicted octanol–water partition coefficient (Wildman–Crippen LogP) is 6.96. The number of hydrogen-bond donors (Lipinski definition) is 1. The summed E-state index contributed by atoms with van der Waals surface area (Å²) in [4.78, 5) is 30.9. The summed E-state index contributed by atoms with van der Waals surface area (Å²) in [5.41, 5.74) is 3.25. The molecule has 224 valence electrons. The van der Waals surface area contributed by atoms with Gasteiger partial charge in [0.2, 0.25) is 0 Å². The van der Waals surface area contributed by atoms with Crippen molar-refractivity contribution in [3.63, 3.8) is 0 Å². The van der Waals surface area contributed by atoms with Crippen LogP contribution >= 0.6 is 11.3 Å². The molecular weight excluding hydrogens is 585 g/mol. The molecule has 1 fully saturated rings. The first-order valence-corrected chi connectivity index (χ1v) is 14.2. The van der Waals surface area contributed by atoms with E-state index in [1.807, 2.05) is 17.0 Å². The second-order valence-electron chi connectivity index (χ2n) is 9.83. The fourth-order valence-electron chi connectivity index (χ4n) is 4.66. The van der Waals surface area contributed by atoms with Crippen molar-refractivity contribution < 1.29 is 42.1 Å². The summed E-state index contributed by atoms with van der Waals surface area (Å²) in [6.45, 7) is 2.90. The number of carboxylic acids is 1. The van der Waals surface area contributed by atoms with Gasteiger partial charge in [0, 0.05) is 24.2 Å². The van der Waals surface area contributed by atoms with Gasteiger partial charge in [0.1, 0.15) is 28.9 Å². The summed E-state index contributed by atoms with van der Waals surface area (Å²) < 4.78 is 53.3. The number of hydrogen-bond acceptors (Lipinski definition) is 7. The maximum atomic E-state index is 12.8. The maximum Gasteiger partial charge on any atom is 0.573 e. The van der Waals surface area contributed by atoms with Gasteiger partial charge in [-0.3, -0.25) is 4.79 Å². The third-order valence-electron chi connectivity index (χ3n) is 6.68. The van der Waals surface area contributed by atoms with Crippen LogP contribution in [0.5, 0.6) is 17.2 Å². The van der Waals surface area contributed by atoms with Crippen LogP contribution < -0.4 is 14.2 Å². The Labute approximate surface area is 249 Å². The van der Waals surface area contributed by atoms with Crippen LogP contribution in [0.3, 0.4) is 0 Å². The van der Waals surface area contributed by atoms with Crippen LogP contribution in [0.25, 0.3) is 21.7 Å². The highest BCUT2D eigenvalue weighted by atomic mass is 32.1. The highest BCUT2D eigenvalue weighted by Gasteiger charge is 2.31. The molecule has 0 bridgehead atoms. The number of carboxylic acid groups (broad SMARTS) is 1. The van der Waals surface area contributed by atoms with Crippen LogP contribution in [0.2, 0.25) is 0 Å². The highest BCUT2D eigenvalue weighted by molar-refractivity contribution is 7.15. The number of amides is 1. The van der Waals surface area contributed by atoms with E-state index >= 15 is 0 Å². The Bertz CT molecular complexity index is 1600. The van der Waals surface area contributed by atoms with Crippen molar-refractivity contribution in [2.24, 2.45) is 0 Å². The number of nitrogens with zero attached hydrogens (tertiary/aromatic N) is 2. The largest absolute Gasteiger partial charge is 0.573 e. The summed E-state index contributed by atoms with van der Waals surface area (Å²) >= 11 is 1.33. The van der Waals surface area contributed by atoms with Crippen LogP contribution in [0.4, 0.5) is 13.2 Å². The molecule has 0 spiro atoms. The van der Waals surface area contributed by atoms with E-state index in [1.165, 1.54) is 35.6 Å². The molecule has 2 heterocycles. The number of likely N-dealkylation sites (tertiary alicyclic amines) is 1. The second kappa shape index (κ2) is 12.7. The molecule has 1 N–H and O–H groups in total. The molecule has 3 aromatic carbocycles. The topological polar surface area (TPSA) is 98.2 Å². The van der Waals surface area contributed by atoms with Crippen molar-refractivity contribution in [3.05, 3.63) is 82.9 Å². The van der Waals surface area contributed by atoms with E-state index in [0.717, 1.165) is 31.5 Å². The number of benzene rings is 3. The number of carbonyl (C=O) groups is 2. The SMILES string of the molecule is Cc1cc(OCc2nc(-c3ccc(C(=O)N4CCCC4)cc3)c(-c3ccc(OC(F)(F)F)cc3)s2)ccc1OCC(=O)O. The lowest BCUT2D eigenvalue weighted by Crippen LogP contribution is -2.27. The molecule has 12 heteroatoms. The fraction of sp³-hybridized carbons (Fsp3) is 0.258. The Morgan fingerprint density at radius 2 is 1.58 bits per heavy atom. The summed E-state index contributed by atoms with van der Waals surface area (Å²) in [5.74, 6) is -0.478. The van der Waals surface area contributed by atoms with E-state index in [-0.39, 0.29) is 18.3 Å². The van der Waals surface area contributed by atoms with E-state index in [1.54, 1.807) is 37.3 Å². The third-order valence-corrected chi connectivity index (χ3v) is 7.76. The van der Waals surface area contributed by atoms with E-state index in [0.29, 0.717) is 43.8 Å². The maximum absolute atomic E-state index is 12.8. The summed E-state index contributed by atoms with van der Waals surface area (Å²) in [5, 5.41) is 9.45. The van der Waals surface area contributed by atoms with E-state index < -0.39 is 18.9 Å². The van der Waals surface area contributed by atoms with Crippen molar-refractivity contribution >= 4 is 23.2 Å². The minimum absolute atomic E-state index is 0.0217. The number of halogens is 3. The first-order chi connectivity index (χ1) is 20.6. The number of aromatic nitrogens is 1.